The predicted molar refractivity (Wildman–Crippen MR) is 66.9 cm³/mol. The first kappa shape index (κ1) is 11.6. The van der Waals surface area contributed by atoms with Crippen LogP contribution in [0.15, 0.2) is 11.4 Å². The van der Waals surface area contributed by atoms with Gasteiger partial charge in [-0.1, -0.05) is 0 Å². The van der Waals surface area contributed by atoms with Crippen molar-refractivity contribution in [1.82, 2.24) is 4.90 Å². The lowest BCUT2D eigenvalue weighted by atomic mass is 10.1. The van der Waals surface area contributed by atoms with Crippen LogP contribution in [0.4, 0.5) is 0 Å². The van der Waals surface area contributed by atoms with Crippen LogP contribution in [-0.4, -0.2) is 48.6 Å². The van der Waals surface area contributed by atoms with E-state index in [9.17, 15) is 13.5 Å². The van der Waals surface area contributed by atoms with Gasteiger partial charge in [0.25, 0.3) is 0 Å². The van der Waals surface area contributed by atoms with Gasteiger partial charge in [0.15, 0.2) is 9.84 Å². The molecule has 4 nitrogen and oxygen atoms in total. The molecule has 0 bridgehead atoms. The molecular formula is C11H15NO3S2. The van der Waals surface area contributed by atoms with Gasteiger partial charge in [0.05, 0.1) is 23.7 Å². The van der Waals surface area contributed by atoms with Crippen LogP contribution in [0.25, 0.3) is 0 Å². The second-order valence-electron chi connectivity index (χ2n) is 4.80. The molecule has 1 saturated heterocycles. The molecule has 0 aromatic carbocycles. The molecule has 17 heavy (non-hydrogen) atoms. The Morgan fingerprint density at radius 2 is 2.24 bits per heavy atom. The van der Waals surface area contributed by atoms with Crippen LogP contribution >= 0.6 is 11.3 Å². The monoisotopic (exact) mass is 273 g/mol. The molecule has 94 valence electrons. The van der Waals surface area contributed by atoms with Crippen molar-refractivity contribution in [3.8, 4) is 0 Å². The molecule has 1 fully saturated rings. The van der Waals surface area contributed by atoms with E-state index in [0.29, 0.717) is 0 Å². The van der Waals surface area contributed by atoms with Gasteiger partial charge in [-0.05, 0) is 23.4 Å². The second-order valence-corrected chi connectivity index (χ2v) is 7.96. The van der Waals surface area contributed by atoms with E-state index in [-0.39, 0.29) is 17.5 Å². The van der Waals surface area contributed by atoms with E-state index >= 15 is 0 Å². The van der Waals surface area contributed by atoms with E-state index in [0.717, 1.165) is 19.5 Å². The number of hydrogen-bond acceptors (Lipinski definition) is 5. The van der Waals surface area contributed by atoms with Crippen molar-refractivity contribution >= 4 is 21.2 Å². The Balaban J connectivity index is 1.79. The molecule has 1 aromatic rings. The molecule has 2 atom stereocenters. The lowest BCUT2D eigenvalue weighted by molar-refractivity contribution is 0.0752. The maximum Gasteiger partial charge on any atom is 0.154 e. The molecule has 0 radical (unpaired) electrons. The number of aliphatic hydroxyl groups is 1. The summed E-state index contributed by atoms with van der Waals surface area (Å²) in [7, 11) is -3.05. The van der Waals surface area contributed by atoms with Gasteiger partial charge in [-0.2, -0.15) is 0 Å². The Kier molecular flexibility index (Phi) is 2.77. The highest BCUT2D eigenvalue weighted by Crippen LogP contribution is 2.28. The topological polar surface area (TPSA) is 57.6 Å². The van der Waals surface area contributed by atoms with Crippen LogP contribution in [0.1, 0.15) is 10.4 Å². The molecule has 0 spiro atoms. The second kappa shape index (κ2) is 4.05. The van der Waals surface area contributed by atoms with E-state index in [1.807, 2.05) is 0 Å². The summed E-state index contributed by atoms with van der Waals surface area (Å²) in [6.07, 6.45) is 0.246. The number of hydrogen-bond donors (Lipinski definition) is 1. The lowest BCUT2D eigenvalue weighted by Gasteiger charge is -2.33. The van der Waals surface area contributed by atoms with Crippen LogP contribution < -0.4 is 0 Å². The smallest absolute Gasteiger partial charge is 0.154 e. The SMILES string of the molecule is O=S1(=O)C[C@@H](O)[C@H](N2CCc3sccc3C2)C1. The maximum absolute atomic E-state index is 11.5. The van der Waals surface area contributed by atoms with Gasteiger partial charge < -0.3 is 5.11 Å². The van der Waals surface area contributed by atoms with Crippen molar-refractivity contribution in [3.63, 3.8) is 0 Å². The normalized spacial score (nSPS) is 32.5. The number of rotatable bonds is 1. The van der Waals surface area contributed by atoms with Gasteiger partial charge in [0.1, 0.15) is 0 Å². The summed E-state index contributed by atoms with van der Waals surface area (Å²) < 4.78 is 23.0. The van der Waals surface area contributed by atoms with E-state index < -0.39 is 15.9 Å². The van der Waals surface area contributed by atoms with Gasteiger partial charge in [0, 0.05) is 18.0 Å². The minimum absolute atomic E-state index is 0.0787. The van der Waals surface area contributed by atoms with E-state index in [2.05, 4.69) is 16.3 Å². The third kappa shape index (κ3) is 2.14. The fraction of sp³-hybridized carbons (Fsp3) is 0.636. The van der Waals surface area contributed by atoms with Crippen molar-refractivity contribution in [2.45, 2.75) is 25.1 Å². The highest BCUT2D eigenvalue weighted by molar-refractivity contribution is 7.91. The average molecular weight is 273 g/mol. The summed E-state index contributed by atoms with van der Waals surface area (Å²) in [5.74, 6) is 0.0261. The molecule has 0 aliphatic carbocycles. The standard InChI is InChI=1S/C11H15NO3S2/c13-10-7-17(14,15)6-9(10)12-3-1-11-8(5-12)2-4-16-11/h2,4,9-10,13H,1,3,5-7H2/t9-,10-/m1/s1. The van der Waals surface area contributed by atoms with E-state index in [1.54, 1.807) is 11.3 Å². The van der Waals surface area contributed by atoms with E-state index in [4.69, 9.17) is 0 Å². The van der Waals surface area contributed by atoms with Crippen LogP contribution in [0.3, 0.4) is 0 Å². The Hall–Kier alpha value is -0.430. The number of sulfone groups is 1. The minimum atomic E-state index is -3.05. The molecule has 3 heterocycles. The summed E-state index contributed by atoms with van der Waals surface area (Å²) >= 11 is 1.76. The van der Waals surface area contributed by atoms with Gasteiger partial charge >= 0.3 is 0 Å². The quantitative estimate of drug-likeness (QED) is 0.797. The van der Waals surface area contributed by atoms with Crippen molar-refractivity contribution in [1.29, 1.82) is 0 Å². The number of thiophene rings is 1. The molecule has 6 heteroatoms. The Morgan fingerprint density at radius 1 is 1.41 bits per heavy atom. The van der Waals surface area contributed by atoms with Crippen molar-refractivity contribution < 1.29 is 13.5 Å². The zero-order valence-corrected chi connectivity index (χ0v) is 11.0. The van der Waals surface area contributed by atoms with Crippen LogP contribution in [-0.2, 0) is 22.8 Å². The molecule has 2 aliphatic heterocycles. The molecule has 3 rings (SSSR count). The number of nitrogens with zero attached hydrogens (tertiary/aromatic N) is 1. The first-order chi connectivity index (χ1) is 8.05. The van der Waals surface area contributed by atoms with Crippen molar-refractivity contribution in [2.75, 3.05) is 18.1 Å². The molecule has 0 saturated carbocycles. The Bertz CT molecular complexity index is 523. The first-order valence-electron chi connectivity index (χ1n) is 5.73. The van der Waals surface area contributed by atoms with Gasteiger partial charge in [-0.25, -0.2) is 8.42 Å². The summed E-state index contributed by atoms with van der Waals surface area (Å²) in [5.41, 5.74) is 1.29. The Morgan fingerprint density at radius 3 is 2.94 bits per heavy atom. The average Bonchev–Trinajstić information content (AvgIpc) is 2.81. The molecule has 0 unspecified atom stereocenters. The molecule has 1 aromatic heterocycles. The highest BCUT2D eigenvalue weighted by Gasteiger charge is 2.40. The number of fused-ring (bicyclic) bond motifs is 1. The van der Waals surface area contributed by atoms with Crippen LogP contribution in [0.2, 0.25) is 0 Å². The lowest BCUT2D eigenvalue weighted by Crippen LogP contribution is -2.45. The zero-order chi connectivity index (χ0) is 12.0. The third-order valence-corrected chi connectivity index (χ3v) is 6.32. The molecule has 1 N–H and O–H groups in total. The van der Waals surface area contributed by atoms with Crippen molar-refractivity contribution in [2.24, 2.45) is 0 Å². The Labute approximate surface area is 105 Å². The summed E-state index contributed by atoms with van der Waals surface area (Å²) in [5, 5.41) is 11.9. The van der Waals surface area contributed by atoms with Gasteiger partial charge in [-0.3, -0.25) is 4.90 Å². The molecule has 2 aliphatic rings. The van der Waals surface area contributed by atoms with Crippen LogP contribution in [0, 0.1) is 0 Å². The molecular weight excluding hydrogens is 258 g/mol. The first-order valence-corrected chi connectivity index (χ1v) is 8.43. The predicted octanol–water partition coefficient (Wildman–Crippen LogP) is 0.264. The summed E-state index contributed by atoms with van der Waals surface area (Å²) in [6, 6.07) is 1.88. The fourth-order valence-electron chi connectivity index (χ4n) is 2.71. The largest absolute Gasteiger partial charge is 0.390 e. The highest BCUT2D eigenvalue weighted by atomic mass is 32.2. The summed E-state index contributed by atoms with van der Waals surface area (Å²) in [6.45, 7) is 1.63. The maximum atomic E-state index is 11.5. The zero-order valence-electron chi connectivity index (χ0n) is 9.37. The van der Waals surface area contributed by atoms with Gasteiger partial charge in [-0.15, -0.1) is 11.3 Å². The number of aliphatic hydroxyl groups excluding tert-OH is 1. The third-order valence-electron chi connectivity index (χ3n) is 3.60. The fourth-order valence-corrected chi connectivity index (χ4v) is 5.43. The van der Waals surface area contributed by atoms with Crippen molar-refractivity contribution in [3.05, 3.63) is 21.9 Å². The molecule has 0 amide bonds. The summed E-state index contributed by atoms with van der Waals surface area (Å²) in [4.78, 5) is 3.51. The van der Waals surface area contributed by atoms with Crippen LogP contribution in [0.5, 0.6) is 0 Å². The minimum Gasteiger partial charge on any atom is -0.390 e. The van der Waals surface area contributed by atoms with Gasteiger partial charge in [0.2, 0.25) is 0 Å². The van der Waals surface area contributed by atoms with E-state index in [1.165, 1.54) is 10.4 Å².